The van der Waals surface area contributed by atoms with E-state index in [0.29, 0.717) is 29.9 Å². The number of hydrogen-bond donors (Lipinski definition) is 1. The van der Waals surface area contributed by atoms with Crippen LogP contribution in [0, 0.1) is 28.6 Å². The van der Waals surface area contributed by atoms with Gasteiger partial charge in [0.05, 0.1) is 17.7 Å². The summed E-state index contributed by atoms with van der Waals surface area (Å²) < 4.78 is 0. The van der Waals surface area contributed by atoms with E-state index in [-0.39, 0.29) is 5.91 Å². The van der Waals surface area contributed by atoms with Crippen LogP contribution in [-0.4, -0.2) is 11.4 Å². The monoisotopic (exact) mass is 281 g/mol. The predicted molar refractivity (Wildman–Crippen MR) is 79.2 cm³/mol. The fourth-order valence-corrected chi connectivity index (χ4v) is 2.83. The second kappa shape index (κ2) is 6.41. The molecule has 1 saturated carbocycles. The molecule has 1 amide bonds. The third-order valence-corrected chi connectivity index (χ3v) is 4.38. The lowest BCUT2D eigenvalue weighted by Crippen LogP contribution is -2.49. The van der Waals surface area contributed by atoms with Crippen molar-refractivity contribution in [2.45, 2.75) is 44.6 Å². The third kappa shape index (κ3) is 3.41. The molecule has 4 nitrogen and oxygen atoms in total. The van der Waals surface area contributed by atoms with Crippen LogP contribution in [0.1, 0.15) is 54.9 Å². The Balaban J connectivity index is 2.06. The van der Waals surface area contributed by atoms with Gasteiger partial charge < -0.3 is 5.32 Å². The van der Waals surface area contributed by atoms with Crippen molar-refractivity contribution in [3.05, 3.63) is 35.4 Å². The predicted octanol–water partition coefficient (Wildman–Crippen LogP) is 3.15. The van der Waals surface area contributed by atoms with Crippen molar-refractivity contribution in [3.63, 3.8) is 0 Å². The van der Waals surface area contributed by atoms with E-state index >= 15 is 0 Å². The first-order valence-electron chi connectivity index (χ1n) is 7.36. The van der Waals surface area contributed by atoms with E-state index in [1.54, 1.807) is 24.3 Å². The first-order valence-corrected chi connectivity index (χ1v) is 7.36. The minimum Gasteiger partial charge on any atom is -0.334 e. The maximum absolute atomic E-state index is 12.3. The van der Waals surface area contributed by atoms with Crippen LogP contribution >= 0.6 is 0 Å². The Hall–Kier alpha value is -2.33. The highest BCUT2D eigenvalue weighted by atomic mass is 16.1. The summed E-state index contributed by atoms with van der Waals surface area (Å²) in [5.74, 6) is 0.425. The number of nitriles is 2. The Morgan fingerprint density at radius 2 is 1.90 bits per heavy atom. The lowest BCUT2D eigenvalue weighted by molar-refractivity contribution is 0.0891. The van der Waals surface area contributed by atoms with Crippen LogP contribution in [0.3, 0.4) is 0 Å². The molecular weight excluding hydrogens is 262 g/mol. The first kappa shape index (κ1) is 15.1. The highest BCUT2D eigenvalue weighted by Crippen LogP contribution is 2.33. The van der Waals surface area contributed by atoms with Crippen LogP contribution in [0.4, 0.5) is 0 Å². The Morgan fingerprint density at radius 1 is 1.29 bits per heavy atom. The molecule has 0 aliphatic heterocycles. The quantitative estimate of drug-likeness (QED) is 0.924. The van der Waals surface area contributed by atoms with Gasteiger partial charge in [0.15, 0.2) is 0 Å². The number of carbonyl (C=O) groups excluding carboxylic acids is 1. The van der Waals surface area contributed by atoms with Gasteiger partial charge in [-0.3, -0.25) is 4.79 Å². The van der Waals surface area contributed by atoms with Crippen LogP contribution in [0.2, 0.25) is 0 Å². The van der Waals surface area contributed by atoms with Crippen molar-refractivity contribution < 1.29 is 4.79 Å². The van der Waals surface area contributed by atoms with Gasteiger partial charge in [0.1, 0.15) is 5.54 Å². The molecule has 0 spiro atoms. The van der Waals surface area contributed by atoms with Gasteiger partial charge in [-0.2, -0.15) is 10.5 Å². The first-order chi connectivity index (χ1) is 10.1. The van der Waals surface area contributed by atoms with Crippen molar-refractivity contribution in [1.82, 2.24) is 5.32 Å². The number of nitrogens with one attached hydrogen (secondary N) is 1. The van der Waals surface area contributed by atoms with Crippen molar-refractivity contribution in [2.75, 3.05) is 0 Å². The highest BCUT2D eigenvalue weighted by Gasteiger charge is 2.36. The number of nitrogens with zero attached hydrogens (tertiary/aromatic N) is 2. The van der Waals surface area contributed by atoms with Gasteiger partial charge in [0, 0.05) is 5.56 Å². The Kier molecular flexibility index (Phi) is 4.60. The lowest BCUT2D eigenvalue weighted by Gasteiger charge is -2.35. The largest absolute Gasteiger partial charge is 0.334 e. The van der Waals surface area contributed by atoms with Gasteiger partial charge in [-0.05, 0) is 55.9 Å². The summed E-state index contributed by atoms with van der Waals surface area (Å²) in [4.78, 5) is 12.3. The molecule has 0 atom stereocenters. The molecule has 1 aromatic rings. The normalized spacial score (nSPS) is 24.6. The summed E-state index contributed by atoms with van der Waals surface area (Å²) in [6, 6.07) is 10.8. The summed E-state index contributed by atoms with van der Waals surface area (Å²) in [5, 5.41) is 21.1. The molecule has 0 saturated heterocycles. The molecular formula is C17H19N3O. The number of hydrogen-bond acceptors (Lipinski definition) is 3. The zero-order valence-corrected chi connectivity index (χ0v) is 12.2. The highest BCUT2D eigenvalue weighted by molar-refractivity contribution is 5.95. The molecule has 4 heteroatoms. The van der Waals surface area contributed by atoms with E-state index in [1.165, 1.54) is 0 Å². The molecule has 0 unspecified atom stereocenters. The maximum atomic E-state index is 12.3. The standard InChI is InChI=1S/C17H19N3O/c1-2-13-7-9-17(12-19,10-8-13)20-16(21)15-5-3-14(11-18)4-6-15/h3-6,13H,2,7-10H2,1H3,(H,20,21). The minimum atomic E-state index is -0.739. The molecule has 1 aromatic carbocycles. The summed E-state index contributed by atoms with van der Waals surface area (Å²) in [6.07, 6.45) is 4.52. The molecule has 1 aliphatic rings. The van der Waals surface area contributed by atoms with E-state index in [4.69, 9.17) is 5.26 Å². The van der Waals surface area contributed by atoms with E-state index in [1.807, 2.05) is 6.07 Å². The van der Waals surface area contributed by atoms with Crippen molar-refractivity contribution >= 4 is 5.91 Å². The number of rotatable bonds is 3. The number of benzene rings is 1. The molecule has 2 rings (SSSR count). The third-order valence-electron chi connectivity index (χ3n) is 4.38. The van der Waals surface area contributed by atoms with E-state index < -0.39 is 5.54 Å². The van der Waals surface area contributed by atoms with Crippen molar-refractivity contribution in [1.29, 1.82) is 10.5 Å². The Bertz CT molecular complexity index is 584. The molecule has 0 bridgehead atoms. The van der Waals surface area contributed by atoms with Gasteiger partial charge in [-0.25, -0.2) is 0 Å². The Labute approximate surface area is 125 Å². The van der Waals surface area contributed by atoms with Crippen LogP contribution in [-0.2, 0) is 0 Å². The molecule has 1 N–H and O–H groups in total. The molecule has 0 heterocycles. The molecule has 1 fully saturated rings. The lowest BCUT2D eigenvalue weighted by atomic mass is 9.76. The molecule has 21 heavy (non-hydrogen) atoms. The van der Waals surface area contributed by atoms with Crippen LogP contribution in [0.25, 0.3) is 0 Å². The fourth-order valence-electron chi connectivity index (χ4n) is 2.83. The van der Waals surface area contributed by atoms with Crippen LogP contribution in [0.5, 0.6) is 0 Å². The van der Waals surface area contributed by atoms with Crippen LogP contribution < -0.4 is 5.32 Å². The van der Waals surface area contributed by atoms with Gasteiger partial charge in [0.2, 0.25) is 0 Å². The summed E-state index contributed by atoms with van der Waals surface area (Å²) >= 11 is 0. The number of carbonyl (C=O) groups is 1. The average Bonchev–Trinajstić information content (AvgIpc) is 2.55. The average molecular weight is 281 g/mol. The van der Waals surface area contributed by atoms with E-state index in [2.05, 4.69) is 18.3 Å². The van der Waals surface area contributed by atoms with Crippen molar-refractivity contribution in [3.8, 4) is 12.1 Å². The van der Waals surface area contributed by atoms with Gasteiger partial charge in [-0.15, -0.1) is 0 Å². The maximum Gasteiger partial charge on any atom is 0.252 e. The second-order valence-electron chi connectivity index (χ2n) is 5.69. The Morgan fingerprint density at radius 3 is 2.38 bits per heavy atom. The van der Waals surface area contributed by atoms with Gasteiger partial charge in [-0.1, -0.05) is 13.3 Å². The zero-order valence-electron chi connectivity index (χ0n) is 12.2. The molecule has 0 radical (unpaired) electrons. The zero-order chi connectivity index (χ0) is 15.3. The van der Waals surface area contributed by atoms with E-state index in [9.17, 15) is 10.1 Å². The van der Waals surface area contributed by atoms with E-state index in [0.717, 1.165) is 19.3 Å². The smallest absolute Gasteiger partial charge is 0.252 e. The number of amides is 1. The summed E-state index contributed by atoms with van der Waals surface area (Å²) in [6.45, 7) is 2.17. The minimum absolute atomic E-state index is 0.240. The molecule has 108 valence electrons. The van der Waals surface area contributed by atoms with Gasteiger partial charge in [0.25, 0.3) is 5.91 Å². The second-order valence-corrected chi connectivity index (χ2v) is 5.69. The fraction of sp³-hybridized carbons (Fsp3) is 0.471. The topological polar surface area (TPSA) is 76.7 Å². The molecule has 0 aromatic heterocycles. The van der Waals surface area contributed by atoms with Crippen molar-refractivity contribution in [2.24, 2.45) is 5.92 Å². The molecule has 1 aliphatic carbocycles. The summed E-state index contributed by atoms with van der Waals surface area (Å²) in [7, 11) is 0. The SMILES string of the molecule is CCC1CCC(C#N)(NC(=O)c2ccc(C#N)cc2)CC1. The summed E-state index contributed by atoms with van der Waals surface area (Å²) in [5.41, 5.74) is 0.266. The van der Waals surface area contributed by atoms with Gasteiger partial charge >= 0.3 is 0 Å². The van der Waals surface area contributed by atoms with Crippen LogP contribution in [0.15, 0.2) is 24.3 Å².